The van der Waals surface area contributed by atoms with Crippen molar-refractivity contribution in [2.24, 2.45) is 0 Å². The van der Waals surface area contributed by atoms with Gasteiger partial charge in [0.2, 0.25) is 11.8 Å². The lowest BCUT2D eigenvalue weighted by Gasteiger charge is -2.20. The van der Waals surface area contributed by atoms with Crippen molar-refractivity contribution >= 4 is 17.6 Å². The van der Waals surface area contributed by atoms with Crippen LogP contribution >= 0.6 is 0 Å². The second-order valence-corrected chi connectivity index (χ2v) is 7.57. The molecule has 8 heteroatoms. The van der Waals surface area contributed by atoms with E-state index in [0.717, 1.165) is 69.0 Å². The number of hydrogen-bond donors (Lipinski definition) is 2. The number of anilines is 1. The van der Waals surface area contributed by atoms with Gasteiger partial charge in [0.25, 0.3) is 0 Å². The molecule has 1 saturated heterocycles. The molecule has 1 aromatic carbocycles. The maximum absolute atomic E-state index is 12.3. The molecule has 0 bridgehead atoms. The molecular formula is C22H31N5O3. The fourth-order valence-corrected chi connectivity index (χ4v) is 3.72. The third-order valence-electron chi connectivity index (χ3n) is 5.40. The summed E-state index contributed by atoms with van der Waals surface area (Å²) in [4.78, 5) is 28.1. The Bertz CT molecular complexity index is 851. The van der Waals surface area contributed by atoms with Gasteiger partial charge in [-0.15, -0.1) is 0 Å². The Balaban J connectivity index is 1.39. The number of unbranched alkanes of at least 4 members (excludes halogenated alkanes) is 1. The molecule has 0 unspecified atom stereocenters. The summed E-state index contributed by atoms with van der Waals surface area (Å²) >= 11 is 0. The minimum absolute atomic E-state index is 0.0242. The number of aromatic nitrogens is 2. The summed E-state index contributed by atoms with van der Waals surface area (Å²) in [7, 11) is 1.62. The van der Waals surface area contributed by atoms with Gasteiger partial charge in [-0.2, -0.15) is 5.10 Å². The molecule has 3 rings (SSSR count). The van der Waals surface area contributed by atoms with Crippen LogP contribution in [0, 0.1) is 0 Å². The number of aromatic amines is 1. The minimum Gasteiger partial charge on any atom is -0.496 e. The third kappa shape index (κ3) is 6.06. The topological polar surface area (TPSA) is 90.6 Å². The molecule has 0 aliphatic carbocycles. The van der Waals surface area contributed by atoms with Gasteiger partial charge in [-0.1, -0.05) is 12.1 Å². The predicted molar refractivity (Wildman–Crippen MR) is 116 cm³/mol. The summed E-state index contributed by atoms with van der Waals surface area (Å²) in [5, 5.41) is 10.0. The quantitative estimate of drug-likeness (QED) is 0.650. The Kier molecular flexibility index (Phi) is 7.84. The van der Waals surface area contributed by atoms with Crippen molar-refractivity contribution in [3.8, 4) is 17.0 Å². The van der Waals surface area contributed by atoms with E-state index in [1.807, 2.05) is 35.2 Å². The number of ether oxygens (including phenoxy) is 1. The molecule has 2 amide bonds. The SMILES string of the molecule is COc1ccccc1-c1cc(NC(=O)CCCCN2CCCN(C(C)=O)CC2)[nH]n1. The summed E-state index contributed by atoms with van der Waals surface area (Å²) in [6.07, 6.45) is 3.26. The molecule has 2 aromatic rings. The van der Waals surface area contributed by atoms with Crippen LogP contribution < -0.4 is 10.1 Å². The Hall–Kier alpha value is -2.87. The van der Waals surface area contributed by atoms with Crippen LogP contribution in [-0.4, -0.2) is 71.6 Å². The number of H-pyrrole nitrogens is 1. The number of methoxy groups -OCH3 is 1. The first kappa shape index (κ1) is 21.8. The highest BCUT2D eigenvalue weighted by molar-refractivity contribution is 5.90. The lowest BCUT2D eigenvalue weighted by molar-refractivity contribution is -0.128. The summed E-state index contributed by atoms with van der Waals surface area (Å²) in [5.41, 5.74) is 1.60. The van der Waals surface area contributed by atoms with Crippen LogP contribution in [-0.2, 0) is 9.59 Å². The molecule has 30 heavy (non-hydrogen) atoms. The predicted octanol–water partition coefficient (Wildman–Crippen LogP) is 2.75. The van der Waals surface area contributed by atoms with Crippen LogP contribution in [0.3, 0.4) is 0 Å². The highest BCUT2D eigenvalue weighted by Gasteiger charge is 2.16. The van der Waals surface area contributed by atoms with E-state index in [9.17, 15) is 9.59 Å². The minimum atomic E-state index is -0.0242. The third-order valence-corrected chi connectivity index (χ3v) is 5.40. The van der Waals surface area contributed by atoms with Gasteiger partial charge in [0, 0.05) is 44.6 Å². The van der Waals surface area contributed by atoms with Crippen molar-refractivity contribution in [1.29, 1.82) is 0 Å². The molecule has 0 saturated carbocycles. The van der Waals surface area contributed by atoms with Crippen molar-refractivity contribution < 1.29 is 14.3 Å². The van der Waals surface area contributed by atoms with Crippen LogP contribution in [0.25, 0.3) is 11.3 Å². The average Bonchev–Trinajstić information content (AvgIpc) is 3.06. The number of para-hydroxylation sites is 1. The fraction of sp³-hybridized carbons (Fsp3) is 0.500. The van der Waals surface area contributed by atoms with E-state index in [4.69, 9.17) is 4.74 Å². The normalized spacial score (nSPS) is 14.9. The van der Waals surface area contributed by atoms with Crippen LogP contribution in [0.15, 0.2) is 30.3 Å². The number of rotatable bonds is 8. The lowest BCUT2D eigenvalue weighted by atomic mass is 10.1. The number of nitrogens with zero attached hydrogens (tertiary/aromatic N) is 3. The highest BCUT2D eigenvalue weighted by atomic mass is 16.5. The van der Waals surface area contributed by atoms with Gasteiger partial charge in [-0.05, 0) is 44.5 Å². The molecule has 1 aliphatic heterocycles. The Labute approximate surface area is 177 Å². The Morgan fingerprint density at radius 2 is 2.00 bits per heavy atom. The Morgan fingerprint density at radius 3 is 2.80 bits per heavy atom. The average molecular weight is 414 g/mol. The summed E-state index contributed by atoms with van der Waals surface area (Å²) in [5.74, 6) is 1.45. The van der Waals surface area contributed by atoms with Crippen LogP contribution in [0.1, 0.15) is 32.6 Å². The maximum atomic E-state index is 12.3. The zero-order valence-electron chi connectivity index (χ0n) is 17.8. The molecule has 1 aliphatic rings. The van der Waals surface area contributed by atoms with Crippen LogP contribution in [0.5, 0.6) is 5.75 Å². The van der Waals surface area contributed by atoms with Gasteiger partial charge < -0.3 is 19.9 Å². The molecule has 0 spiro atoms. The number of amides is 2. The second-order valence-electron chi connectivity index (χ2n) is 7.57. The number of benzene rings is 1. The number of hydrogen-bond acceptors (Lipinski definition) is 5. The smallest absolute Gasteiger partial charge is 0.225 e. The van der Waals surface area contributed by atoms with E-state index < -0.39 is 0 Å². The molecule has 0 radical (unpaired) electrons. The standard InChI is InChI=1S/C22H31N5O3/c1-17(28)27-13-7-12-26(14-15-27)11-6-5-10-22(29)23-21-16-19(24-25-21)18-8-3-4-9-20(18)30-2/h3-4,8-9,16H,5-7,10-15H2,1-2H3,(H2,23,24,25,29). The highest BCUT2D eigenvalue weighted by Crippen LogP contribution is 2.29. The van der Waals surface area contributed by atoms with Crippen molar-refractivity contribution in [3.05, 3.63) is 30.3 Å². The van der Waals surface area contributed by atoms with Gasteiger partial charge in [0.1, 0.15) is 11.6 Å². The van der Waals surface area contributed by atoms with Crippen LogP contribution in [0.4, 0.5) is 5.82 Å². The van der Waals surface area contributed by atoms with E-state index in [1.54, 1.807) is 14.0 Å². The molecule has 1 fully saturated rings. The monoisotopic (exact) mass is 413 g/mol. The summed E-state index contributed by atoms with van der Waals surface area (Å²) in [6, 6.07) is 9.45. The van der Waals surface area contributed by atoms with Crippen molar-refractivity contribution in [1.82, 2.24) is 20.0 Å². The molecule has 2 heterocycles. The first-order valence-electron chi connectivity index (χ1n) is 10.5. The molecule has 2 N–H and O–H groups in total. The first-order valence-corrected chi connectivity index (χ1v) is 10.5. The van der Waals surface area contributed by atoms with Crippen molar-refractivity contribution in [3.63, 3.8) is 0 Å². The maximum Gasteiger partial charge on any atom is 0.225 e. The van der Waals surface area contributed by atoms with Gasteiger partial charge in [0.15, 0.2) is 0 Å². The van der Waals surface area contributed by atoms with Gasteiger partial charge in [0.05, 0.1) is 12.8 Å². The van der Waals surface area contributed by atoms with Crippen molar-refractivity contribution in [2.75, 3.05) is 45.2 Å². The second kappa shape index (κ2) is 10.8. The van der Waals surface area contributed by atoms with E-state index in [2.05, 4.69) is 20.4 Å². The van der Waals surface area contributed by atoms with E-state index in [0.29, 0.717) is 12.2 Å². The van der Waals surface area contributed by atoms with Crippen molar-refractivity contribution in [2.45, 2.75) is 32.6 Å². The molecular weight excluding hydrogens is 382 g/mol. The van der Waals surface area contributed by atoms with E-state index in [1.165, 1.54) is 0 Å². The summed E-state index contributed by atoms with van der Waals surface area (Å²) in [6.45, 7) is 6.15. The zero-order valence-corrected chi connectivity index (χ0v) is 17.8. The zero-order chi connectivity index (χ0) is 21.3. The molecule has 8 nitrogen and oxygen atoms in total. The summed E-state index contributed by atoms with van der Waals surface area (Å²) < 4.78 is 5.37. The largest absolute Gasteiger partial charge is 0.496 e. The number of carbonyl (C=O) groups excluding carboxylic acids is 2. The molecule has 1 aromatic heterocycles. The number of carbonyl (C=O) groups is 2. The van der Waals surface area contributed by atoms with Crippen LogP contribution in [0.2, 0.25) is 0 Å². The molecule has 0 atom stereocenters. The molecule has 162 valence electrons. The van der Waals surface area contributed by atoms with E-state index >= 15 is 0 Å². The van der Waals surface area contributed by atoms with Gasteiger partial charge >= 0.3 is 0 Å². The lowest BCUT2D eigenvalue weighted by Crippen LogP contribution is -2.34. The van der Waals surface area contributed by atoms with Gasteiger partial charge in [-0.3, -0.25) is 14.7 Å². The fourth-order valence-electron chi connectivity index (χ4n) is 3.72. The van der Waals surface area contributed by atoms with Gasteiger partial charge in [-0.25, -0.2) is 0 Å². The van der Waals surface area contributed by atoms with E-state index in [-0.39, 0.29) is 11.8 Å². The number of nitrogens with one attached hydrogen (secondary N) is 2. The Morgan fingerprint density at radius 1 is 1.17 bits per heavy atom. The first-order chi connectivity index (χ1) is 14.6.